The van der Waals surface area contributed by atoms with E-state index in [9.17, 15) is 22.4 Å². The molecule has 0 heterocycles. The fourth-order valence-corrected chi connectivity index (χ4v) is 6.30. The second kappa shape index (κ2) is 15.2. The number of hydrogen-bond acceptors (Lipinski definition) is 4. The van der Waals surface area contributed by atoms with Crippen LogP contribution in [0.1, 0.15) is 37.0 Å². The van der Waals surface area contributed by atoms with Crippen LogP contribution >= 0.6 is 11.6 Å². The minimum absolute atomic E-state index is 0.0171. The summed E-state index contributed by atoms with van der Waals surface area (Å²) < 4.78 is 42.9. The van der Waals surface area contributed by atoms with Gasteiger partial charge in [-0.2, -0.15) is 0 Å². The molecule has 4 aromatic carbocycles. The fraction of sp³-hybridized carbons (Fsp3) is 0.257. The number of nitrogens with zero attached hydrogens (tertiary/aromatic N) is 2. The van der Waals surface area contributed by atoms with Gasteiger partial charge in [0.1, 0.15) is 18.4 Å². The second-order valence-corrected chi connectivity index (χ2v) is 13.3. The summed E-state index contributed by atoms with van der Waals surface area (Å²) in [6.45, 7) is 5.06. The Morgan fingerprint density at radius 2 is 1.49 bits per heavy atom. The predicted molar refractivity (Wildman–Crippen MR) is 176 cm³/mol. The number of aryl methyl sites for hydroxylation is 1. The summed E-state index contributed by atoms with van der Waals surface area (Å²) in [6.07, 6.45) is 0.881. The van der Waals surface area contributed by atoms with Gasteiger partial charge in [-0.25, -0.2) is 12.8 Å². The van der Waals surface area contributed by atoms with E-state index >= 15 is 0 Å². The molecule has 0 saturated carbocycles. The molecule has 0 spiro atoms. The number of anilines is 1. The van der Waals surface area contributed by atoms with Crippen molar-refractivity contribution < 1.29 is 22.4 Å². The van der Waals surface area contributed by atoms with Crippen LogP contribution in [0.5, 0.6) is 0 Å². The van der Waals surface area contributed by atoms with E-state index in [0.29, 0.717) is 17.0 Å². The zero-order chi connectivity index (χ0) is 32.6. The highest BCUT2D eigenvalue weighted by molar-refractivity contribution is 7.92. The molecule has 1 N–H and O–H groups in total. The van der Waals surface area contributed by atoms with Gasteiger partial charge in [-0.15, -0.1) is 0 Å². The third kappa shape index (κ3) is 8.93. The molecule has 2 amide bonds. The van der Waals surface area contributed by atoms with E-state index < -0.39 is 34.3 Å². The highest BCUT2D eigenvalue weighted by Gasteiger charge is 2.35. The van der Waals surface area contributed by atoms with Crippen LogP contribution in [0.15, 0.2) is 108 Å². The summed E-state index contributed by atoms with van der Waals surface area (Å²) in [6, 6.07) is 26.3. The molecule has 4 rings (SSSR count). The largest absolute Gasteiger partial charge is 0.352 e. The topological polar surface area (TPSA) is 86.8 Å². The Morgan fingerprint density at radius 3 is 2.09 bits per heavy atom. The maximum absolute atomic E-state index is 14.4. The summed E-state index contributed by atoms with van der Waals surface area (Å²) in [7, 11) is -4.27. The highest BCUT2D eigenvalue weighted by Crippen LogP contribution is 2.26. The van der Waals surface area contributed by atoms with Crippen molar-refractivity contribution >= 4 is 39.1 Å². The Bertz CT molecular complexity index is 1680. The van der Waals surface area contributed by atoms with Crippen molar-refractivity contribution in [1.29, 1.82) is 0 Å². The number of benzene rings is 4. The van der Waals surface area contributed by atoms with E-state index in [1.807, 2.05) is 51.1 Å². The first-order chi connectivity index (χ1) is 21.5. The van der Waals surface area contributed by atoms with Crippen molar-refractivity contribution in [2.45, 2.75) is 57.1 Å². The van der Waals surface area contributed by atoms with Crippen molar-refractivity contribution in [1.82, 2.24) is 10.2 Å². The number of rotatable bonds is 13. The SMILES string of the molecule is CC[C@@H](C)NC(=O)[C@@H](Cc1ccccc1)N(Cc1ccc(Cl)cc1)C(=O)CN(c1ccc(F)cc1)S(=O)(=O)c1ccc(C)cc1. The molecular weight excluding hydrogens is 613 g/mol. The van der Waals surface area contributed by atoms with E-state index in [2.05, 4.69) is 5.32 Å². The Kier molecular flexibility index (Phi) is 11.4. The number of carbonyl (C=O) groups is 2. The van der Waals surface area contributed by atoms with Gasteiger partial charge in [-0.3, -0.25) is 13.9 Å². The van der Waals surface area contributed by atoms with Crippen molar-refractivity contribution in [3.63, 3.8) is 0 Å². The highest BCUT2D eigenvalue weighted by atomic mass is 35.5. The molecule has 0 radical (unpaired) electrons. The van der Waals surface area contributed by atoms with Crippen LogP contribution in [0.25, 0.3) is 0 Å². The lowest BCUT2D eigenvalue weighted by molar-refractivity contribution is -0.140. The zero-order valence-corrected chi connectivity index (χ0v) is 27.1. The lowest BCUT2D eigenvalue weighted by atomic mass is 10.0. The van der Waals surface area contributed by atoms with Gasteiger partial charge in [-0.1, -0.05) is 78.7 Å². The molecule has 10 heteroatoms. The molecular formula is C35H37ClFN3O4S. The summed E-state index contributed by atoms with van der Waals surface area (Å²) in [4.78, 5) is 29.7. The van der Waals surface area contributed by atoms with Gasteiger partial charge in [0.05, 0.1) is 10.6 Å². The Balaban J connectivity index is 1.80. The van der Waals surface area contributed by atoms with Gasteiger partial charge < -0.3 is 10.2 Å². The van der Waals surface area contributed by atoms with Gasteiger partial charge in [0.25, 0.3) is 10.0 Å². The predicted octanol–water partition coefficient (Wildman–Crippen LogP) is 6.54. The third-order valence-electron chi connectivity index (χ3n) is 7.54. The van der Waals surface area contributed by atoms with Crippen LogP contribution in [-0.4, -0.2) is 43.8 Å². The first-order valence-electron chi connectivity index (χ1n) is 14.7. The molecule has 4 aromatic rings. The van der Waals surface area contributed by atoms with Crippen LogP contribution < -0.4 is 9.62 Å². The summed E-state index contributed by atoms with van der Waals surface area (Å²) in [5, 5.41) is 3.52. The first kappa shape index (κ1) is 33.7. The lowest BCUT2D eigenvalue weighted by Crippen LogP contribution is -2.54. The van der Waals surface area contributed by atoms with Gasteiger partial charge in [-0.05, 0) is 79.9 Å². The van der Waals surface area contributed by atoms with E-state index in [4.69, 9.17) is 11.6 Å². The normalized spacial score (nSPS) is 12.6. The Labute approximate surface area is 269 Å². The standard InChI is InChI=1S/C35H37ClFN3O4S/c1-4-26(3)38-35(42)33(22-27-8-6-5-7-9-27)39(23-28-12-14-29(36)15-13-28)34(41)24-40(31-18-16-30(37)17-19-31)45(43,44)32-20-10-25(2)11-21-32/h5-21,26,33H,4,22-24H2,1-3H3,(H,38,42)/t26-,33-/m1/s1. The molecule has 236 valence electrons. The van der Waals surface area contributed by atoms with Crippen molar-refractivity contribution in [2.75, 3.05) is 10.8 Å². The average molecular weight is 650 g/mol. The molecule has 45 heavy (non-hydrogen) atoms. The molecule has 0 unspecified atom stereocenters. The van der Waals surface area contributed by atoms with Crippen molar-refractivity contribution in [3.05, 3.63) is 131 Å². The van der Waals surface area contributed by atoms with Gasteiger partial charge in [0.15, 0.2) is 0 Å². The van der Waals surface area contributed by atoms with Crippen LogP contribution in [0.4, 0.5) is 10.1 Å². The molecule has 7 nitrogen and oxygen atoms in total. The molecule has 0 fully saturated rings. The summed E-state index contributed by atoms with van der Waals surface area (Å²) in [5.41, 5.74) is 2.51. The third-order valence-corrected chi connectivity index (χ3v) is 9.58. The van der Waals surface area contributed by atoms with E-state index in [-0.39, 0.29) is 35.5 Å². The number of carbonyl (C=O) groups excluding carboxylic acids is 2. The van der Waals surface area contributed by atoms with E-state index in [0.717, 1.165) is 27.6 Å². The Morgan fingerprint density at radius 1 is 0.867 bits per heavy atom. The second-order valence-electron chi connectivity index (χ2n) is 11.0. The molecule has 0 aromatic heterocycles. The number of amides is 2. The number of halogens is 2. The molecule has 0 saturated heterocycles. The zero-order valence-electron chi connectivity index (χ0n) is 25.5. The number of hydrogen-bond donors (Lipinski definition) is 1. The van der Waals surface area contributed by atoms with Crippen LogP contribution in [0.3, 0.4) is 0 Å². The average Bonchev–Trinajstić information content (AvgIpc) is 3.03. The van der Waals surface area contributed by atoms with Gasteiger partial charge >= 0.3 is 0 Å². The van der Waals surface area contributed by atoms with Crippen LogP contribution in [0, 0.1) is 12.7 Å². The molecule has 0 bridgehead atoms. The van der Waals surface area contributed by atoms with Gasteiger partial charge in [0, 0.05) is 24.0 Å². The molecule has 0 aliphatic heterocycles. The van der Waals surface area contributed by atoms with Crippen LogP contribution in [-0.2, 0) is 32.6 Å². The minimum atomic E-state index is -4.27. The van der Waals surface area contributed by atoms with E-state index in [1.165, 1.54) is 29.2 Å². The summed E-state index contributed by atoms with van der Waals surface area (Å²) >= 11 is 6.13. The number of nitrogens with one attached hydrogen (secondary N) is 1. The maximum Gasteiger partial charge on any atom is 0.264 e. The quantitative estimate of drug-likeness (QED) is 0.178. The maximum atomic E-state index is 14.4. The molecule has 2 atom stereocenters. The first-order valence-corrected chi connectivity index (χ1v) is 16.5. The fourth-order valence-electron chi connectivity index (χ4n) is 4.76. The molecule has 0 aliphatic rings. The minimum Gasteiger partial charge on any atom is -0.352 e. The van der Waals surface area contributed by atoms with Gasteiger partial charge in [0.2, 0.25) is 11.8 Å². The lowest BCUT2D eigenvalue weighted by Gasteiger charge is -2.34. The number of sulfonamides is 1. The Hall–Kier alpha value is -4.21. The van der Waals surface area contributed by atoms with E-state index in [1.54, 1.807) is 36.4 Å². The smallest absolute Gasteiger partial charge is 0.264 e. The van der Waals surface area contributed by atoms with Crippen molar-refractivity contribution in [3.8, 4) is 0 Å². The van der Waals surface area contributed by atoms with Crippen LogP contribution in [0.2, 0.25) is 5.02 Å². The summed E-state index contributed by atoms with van der Waals surface area (Å²) in [5.74, 6) is -1.51. The van der Waals surface area contributed by atoms with Crippen molar-refractivity contribution in [2.24, 2.45) is 0 Å². The monoisotopic (exact) mass is 649 g/mol. The molecule has 0 aliphatic carbocycles.